The van der Waals surface area contributed by atoms with Gasteiger partial charge in [-0.1, -0.05) is 46.0 Å². The van der Waals surface area contributed by atoms with Gasteiger partial charge in [0.2, 0.25) is 0 Å². The van der Waals surface area contributed by atoms with Crippen LogP contribution in [0.15, 0.2) is 0 Å². The van der Waals surface area contributed by atoms with E-state index in [0.29, 0.717) is 6.04 Å². The second-order valence-electron chi connectivity index (χ2n) is 7.10. The van der Waals surface area contributed by atoms with E-state index in [1.54, 1.807) is 0 Å². The smallest absolute Gasteiger partial charge is 0.0833 e. The molecule has 118 valence electrons. The number of hydrogen-bond donors (Lipinski definition) is 1. The summed E-state index contributed by atoms with van der Waals surface area (Å²) in [5.41, 5.74) is 0.138. The van der Waals surface area contributed by atoms with Crippen LogP contribution in [0.25, 0.3) is 0 Å². The third kappa shape index (κ3) is 3.57. The quantitative estimate of drug-likeness (QED) is 0.740. The molecule has 2 heteroatoms. The van der Waals surface area contributed by atoms with Gasteiger partial charge in [0.25, 0.3) is 0 Å². The molecule has 2 saturated carbocycles. The van der Waals surface area contributed by atoms with Crippen LogP contribution in [0, 0.1) is 11.8 Å². The van der Waals surface area contributed by atoms with Crippen molar-refractivity contribution in [2.75, 3.05) is 13.7 Å². The van der Waals surface area contributed by atoms with E-state index in [1.807, 2.05) is 7.11 Å². The summed E-state index contributed by atoms with van der Waals surface area (Å²) in [7, 11) is 1.95. The van der Waals surface area contributed by atoms with Gasteiger partial charge in [0.05, 0.1) is 5.60 Å². The first-order chi connectivity index (χ1) is 9.75. The largest absolute Gasteiger partial charge is 0.377 e. The van der Waals surface area contributed by atoms with Crippen molar-refractivity contribution in [3.8, 4) is 0 Å². The molecule has 0 aliphatic heterocycles. The van der Waals surface area contributed by atoms with Gasteiger partial charge in [-0.15, -0.1) is 0 Å². The first-order valence-electron chi connectivity index (χ1n) is 9.04. The Labute approximate surface area is 126 Å². The maximum atomic E-state index is 6.10. The van der Waals surface area contributed by atoms with Gasteiger partial charge in [-0.05, 0) is 50.5 Å². The van der Waals surface area contributed by atoms with Gasteiger partial charge in [-0.2, -0.15) is 0 Å². The highest BCUT2D eigenvalue weighted by Crippen LogP contribution is 2.43. The zero-order valence-electron chi connectivity index (χ0n) is 13.9. The molecular weight excluding hydrogens is 246 g/mol. The van der Waals surface area contributed by atoms with Crippen molar-refractivity contribution < 1.29 is 4.74 Å². The SMILES string of the molecule is CCCNC(C1CCC(CC)CC1)C1(OC)CCCC1. The molecule has 2 aliphatic rings. The van der Waals surface area contributed by atoms with E-state index < -0.39 is 0 Å². The Hall–Kier alpha value is -0.0800. The lowest BCUT2D eigenvalue weighted by molar-refractivity contribution is -0.0580. The molecule has 1 N–H and O–H groups in total. The molecule has 2 aliphatic carbocycles. The van der Waals surface area contributed by atoms with Crippen molar-refractivity contribution in [3.05, 3.63) is 0 Å². The van der Waals surface area contributed by atoms with Crippen LogP contribution in [-0.4, -0.2) is 25.3 Å². The number of rotatable bonds is 7. The van der Waals surface area contributed by atoms with Gasteiger partial charge >= 0.3 is 0 Å². The van der Waals surface area contributed by atoms with Gasteiger partial charge in [0.15, 0.2) is 0 Å². The second-order valence-corrected chi connectivity index (χ2v) is 7.10. The highest BCUT2D eigenvalue weighted by molar-refractivity contribution is 5.00. The number of hydrogen-bond acceptors (Lipinski definition) is 2. The normalized spacial score (nSPS) is 31.4. The average molecular weight is 281 g/mol. The Kier molecular flexibility index (Phi) is 6.35. The molecule has 1 atom stereocenters. The van der Waals surface area contributed by atoms with Crippen molar-refractivity contribution in [3.63, 3.8) is 0 Å². The van der Waals surface area contributed by atoms with Crippen molar-refractivity contribution in [1.82, 2.24) is 5.32 Å². The van der Waals surface area contributed by atoms with Crippen LogP contribution in [-0.2, 0) is 4.74 Å². The second kappa shape index (κ2) is 7.79. The highest BCUT2D eigenvalue weighted by atomic mass is 16.5. The summed E-state index contributed by atoms with van der Waals surface area (Å²) in [6.07, 6.45) is 13.5. The molecule has 0 heterocycles. The van der Waals surface area contributed by atoms with Crippen LogP contribution < -0.4 is 5.32 Å². The third-order valence-corrected chi connectivity index (χ3v) is 5.98. The topological polar surface area (TPSA) is 21.3 Å². The molecule has 0 bridgehead atoms. The fourth-order valence-electron chi connectivity index (χ4n) is 4.63. The Morgan fingerprint density at radius 2 is 1.75 bits per heavy atom. The van der Waals surface area contributed by atoms with Crippen molar-refractivity contribution in [1.29, 1.82) is 0 Å². The maximum absolute atomic E-state index is 6.10. The lowest BCUT2D eigenvalue weighted by atomic mass is 9.72. The van der Waals surface area contributed by atoms with Crippen LogP contribution in [0.2, 0.25) is 0 Å². The monoisotopic (exact) mass is 281 g/mol. The summed E-state index contributed by atoms with van der Waals surface area (Å²) in [6, 6.07) is 0.591. The Morgan fingerprint density at radius 3 is 2.25 bits per heavy atom. The molecule has 1 unspecified atom stereocenters. The Balaban J connectivity index is 2.03. The van der Waals surface area contributed by atoms with Crippen molar-refractivity contribution in [2.24, 2.45) is 11.8 Å². The van der Waals surface area contributed by atoms with Crippen LogP contribution in [0.1, 0.15) is 78.1 Å². The molecule has 0 aromatic carbocycles. The van der Waals surface area contributed by atoms with E-state index in [-0.39, 0.29) is 5.60 Å². The van der Waals surface area contributed by atoms with E-state index in [2.05, 4.69) is 19.2 Å². The fraction of sp³-hybridized carbons (Fsp3) is 1.00. The van der Waals surface area contributed by atoms with Gasteiger partial charge in [-0.3, -0.25) is 0 Å². The molecule has 2 rings (SSSR count). The molecule has 0 radical (unpaired) electrons. The Morgan fingerprint density at radius 1 is 1.10 bits per heavy atom. The van der Waals surface area contributed by atoms with E-state index in [9.17, 15) is 0 Å². The van der Waals surface area contributed by atoms with E-state index in [4.69, 9.17) is 4.74 Å². The van der Waals surface area contributed by atoms with Crippen molar-refractivity contribution in [2.45, 2.75) is 89.7 Å². The van der Waals surface area contributed by atoms with Crippen LogP contribution in [0.3, 0.4) is 0 Å². The predicted molar refractivity (Wildman–Crippen MR) is 86.0 cm³/mol. The molecule has 0 amide bonds. The molecule has 2 fully saturated rings. The number of nitrogens with one attached hydrogen (secondary N) is 1. The summed E-state index contributed by atoms with van der Waals surface area (Å²) in [5.74, 6) is 1.82. The van der Waals surface area contributed by atoms with Gasteiger partial charge in [0.1, 0.15) is 0 Å². The van der Waals surface area contributed by atoms with E-state index >= 15 is 0 Å². The summed E-state index contributed by atoms with van der Waals surface area (Å²) in [4.78, 5) is 0. The van der Waals surface area contributed by atoms with E-state index in [0.717, 1.165) is 18.4 Å². The fourth-order valence-corrected chi connectivity index (χ4v) is 4.63. The minimum absolute atomic E-state index is 0.138. The minimum atomic E-state index is 0.138. The van der Waals surface area contributed by atoms with Crippen LogP contribution in [0.4, 0.5) is 0 Å². The maximum Gasteiger partial charge on any atom is 0.0833 e. The highest BCUT2D eigenvalue weighted by Gasteiger charge is 2.45. The summed E-state index contributed by atoms with van der Waals surface area (Å²) in [6.45, 7) is 5.76. The van der Waals surface area contributed by atoms with E-state index in [1.165, 1.54) is 64.2 Å². The van der Waals surface area contributed by atoms with Crippen LogP contribution in [0.5, 0.6) is 0 Å². The van der Waals surface area contributed by atoms with Gasteiger partial charge in [0, 0.05) is 13.2 Å². The molecule has 2 nitrogen and oxygen atoms in total. The van der Waals surface area contributed by atoms with Crippen molar-refractivity contribution >= 4 is 0 Å². The lowest BCUT2D eigenvalue weighted by Gasteiger charge is -2.44. The lowest BCUT2D eigenvalue weighted by Crippen LogP contribution is -2.55. The average Bonchev–Trinajstić information content (AvgIpc) is 2.98. The predicted octanol–water partition coefficient (Wildman–Crippen LogP) is 4.53. The minimum Gasteiger partial charge on any atom is -0.377 e. The standard InChI is InChI=1S/C18H35NO/c1-4-14-19-17(18(20-3)12-6-7-13-18)16-10-8-15(5-2)9-11-16/h15-17,19H,4-14H2,1-3H3. The van der Waals surface area contributed by atoms with Gasteiger partial charge < -0.3 is 10.1 Å². The summed E-state index contributed by atoms with van der Waals surface area (Å²) >= 11 is 0. The molecule has 0 spiro atoms. The summed E-state index contributed by atoms with van der Waals surface area (Å²) < 4.78 is 6.10. The molecule has 0 saturated heterocycles. The number of ether oxygens (including phenoxy) is 1. The molecule has 0 aromatic rings. The molecular formula is C18H35NO. The third-order valence-electron chi connectivity index (χ3n) is 5.98. The summed E-state index contributed by atoms with van der Waals surface area (Å²) in [5, 5.41) is 3.88. The first-order valence-corrected chi connectivity index (χ1v) is 9.04. The zero-order valence-corrected chi connectivity index (χ0v) is 13.9. The van der Waals surface area contributed by atoms with Crippen LogP contribution >= 0.6 is 0 Å². The first kappa shape index (κ1) is 16.3. The molecule has 0 aromatic heterocycles. The van der Waals surface area contributed by atoms with Gasteiger partial charge in [-0.25, -0.2) is 0 Å². The Bertz CT molecular complexity index is 265. The number of methoxy groups -OCH3 is 1. The molecule has 20 heavy (non-hydrogen) atoms. The zero-order chi connectivity index (χ0) is 14.4.